The fourth-order valence-electron chi connectivity index (χ4n) is 2.30. The lowest BCUT2D eigenvalue weighted by atomic mass is 10.2. The van der Waals surface area contributed by atoms with Crippen LogP contribution >= 0.6 is 0 Å². The number of furan rings is 1. The van der Waals surface area contributed by atoms with Crippen LogP contribution in [0.5, 0.6) is 5.75 Å². The summed E-state index contributed by atoms with van der Waals surface area (Å²) in [6.45, 7) is 1.66. The Bertz CT molecular complexity index is 635. The maximum Gasteiger partial charge on any atom is 0.317 e. The van der Waals surface area contributed by atoms with Crippen LogP contribution in [0.4, 0.5) is 4.79 Å². The number of hydrogen-bond donors (Lipinski definition) is 1. The predicted molar refractivity (Wildman–Crippen MR) is 87.1 cm³/mol. The lowest BCUT2D eigenvalue weighted by Gasteiger charge is -2.17. The Morgan fingerprint density at radius 2 is 2.13 bits per heavy atom. The molecule has 1 aromatic carbocycles. The molecule has 1 saturated carbocycles. The van der Waals surface area contributed by atoms with Crippen molar-refractivity contribution in [2.45, 2.75) is 25.9 Å². The maximum absolute atomic E-state index is 12.2. The van der Waals surface area contributed by atoms with Gasteiger partial charge in [-0.1, -0.05) is 18.2 Å². The SMILES string of the molecule is CN(Cc1ccco1)C(=O)NCc1ccccc1OCC1CC1. The van der Waals surface area contributed by atoms with Crippen LogP contribution in [0, 0.1) is 5.92 Å². The molecule has 1 aliphatic rings. The summed E-state index contributed by atoms with van der Waals surface area (Å²) in [5, 5.41) is 2.92. The third-order valence-electron chi connectivity index (χ3n) is 3.89. The van der Waals surface area contributed by atoms with Crippen LogP contribution in [0.3, 0.4) is 0 Å². The molecule has 1 fully saturated rings. The van der Waals surface area contributed by atoms with Gasteiger partial charge in [-0.05, 0) is 37.0 Å². The lowest BCUT2D eigenvalue weighted by Crippen LogP contribution is -2.36. The van der Waals surface area contributed by atoms with E-state index >= 15 is 0 Å². The molecule has 5 nitrogen and oxygen atoms in total. The highest BCUT2D eigenvalue weighted by Gasteiger charge is 2.22. The van der Waals surface area contributed by atoms with Crippen LogP contribution in [0.25, 0.3) is 0 Å². The third-order valence-corrected chi connectivity index (χ3v) is 3.89. The molecular weight excluding hydrogens is 292 g/mol. The minimum Gasteiger partial charge on any atom is -0.493 e. The van der Waals surface area contributed by atoms with E-state index in [1.165, 1.54) is 12.8 Å². The van der Waals surface area contributed by atoms with E-state index < -0.39 is 0 Å². The zero-order chi connectivity index (χ0) is 16.1. The van der Waals surface area contributed by atoms with E-state index in [0.29, 0.717) is 19.0 Å². The Hall–Kier alpha value is -2.43. The molecule has 0 aliphatic heterocycles. The van der Waals surface area contributed by atoms with Gasteiger partial charge in [0.1, 0.15) is 11.5 Å². The summed E-state index contributed by atoms with van der Waals surface area (Å²) in [5.41, 5.74) is 0.993. The molecule has 1 N–H and O–H groups in total. The number of carbonyl (C=O) groups is 1. The van der Waals surface area contributed by atoms with E-state index in [4.69, 9.17) is 9.15 Å². The predicted octanol–water partition coefficient (Wildman–Crippen LogP) is 3.41. The normalized spacial score (nSPS) is 13.6. The van der Waals surface area contributed by atoms with Crippen molar-refractivity contribution < 1.29 is 13.9 Å². The number of amides is 2. The first-order valence-corrected chi connectivity index (χ1v) is 7.94. The Morgan fingerprint density at radius 3 is 2.87 bits per heavy atom. The molecule has 3 rings (SSSR count). The van der Waals surface area contributed by atoms with Crippen molar-refractivity contribution in [1.82, 2.24) is 10.2 Å². The first-order chi connectivity index (χ1) is 11.2. The summed E-state index contributed by atoms with van der Waals surface area (Å²) < 4.78 is 11.1. The van der Waals surface area contributed by atoms with Crippen LogP contribution in [-0.4, -0.2) is 24.6 Å². The first kappa shape index (κ1) is 15.5. The van der Waals surface area contributed by atoms with Gasteiger partial charge < -0.3 is 19.4 Å². The number of ether oxygens (including phenoxy) is 1. The van der Waals surface area contributed by atoms with E-state index in [0.717, 1.165) is 23.7 Å². The molecule has 0 unspecified atom stereocenters. The molecular formula is C18H22N2O3. The second kappa shape index (κ2) is 7.22. The number of para-hydroxylation sites is 1. The Balaban J connectivity index is 1.51. The topological polar surface area (TPSA) is 54.7 Å². The highest BCUT2D eigenvalue weighted by molar-refractivity contribution is 5.73. The van der Waals surface area contributed by atoms with Gasteiger partial charge in [-0.3, -0.25) is 0 Å². The summed E-state index contributed by atoms with van der Waals surface area (Å²) in [6, 6.07) is 11.4. The average Bonchev–Trinajstić information content (AvgIpc) is 3.26. The van der Waals surface area contributed by atoms with Crippen molar-refractivity contribution in [1.29, 1.82) is 0 Å². The largest absolute Gasteiger partial charge is 0.493 e. The van der Waals surface area contributed by atoms with E-state index in [1.807, 2.05) is 36.4 Å². The molecule has 0 saturated heterocycles. The number of urea groups is 1. The van der Waals surface area contributed by atoms with Crippen LogP contribution < -0.4 is 10.1 Å². The molecule has 23 heavy (non-hydrogen) atoms. The smallest absolute Gasteiger partial charge is 0.317 e. The highest BCUT2D eigenvalue weighted by Crippen LogP contribution is 2.30. The standard InChI is InChI=1S/C18H22N2O3/c1-20(12-16-6-4-10-22-16)18(21)19-11-15-5-2-3-7-17(15)23-13-14-8-9-14/h2-7,10,14H,8-9,11-13H2,1H3,(H,19,21). The van der Waals surface area contributed by atoms with Crippen LogP contribution in [0.1, 0.15) is 24.2 Å². The number of rotatable bonds is 7. The van der Waals surface area contributed by atoms with Crippen LogP contribution in [-0.2, 0) is 13.1 Å². The van der Waals surface area contributed by atoms with Crippen molar-refractivity contribution in [2.75, 3.05) is 13.7 Å². The van der Waals surface area contributed by atoms with Crippen molar-refractivity contribution in [3.63, 3.8) is 0 Å². The van der Waals surface area contributed by atoms with Gasteiger partial charge in [0.05, 0.1) is 19.4 Å². The minimum atomic E-state index is -0.140. The van der Waals surface area contributed by atoms with Gasteiger partial charge in [-0.15, -0.1) is 0 Å². The molecule has 2 aromatic rings. The Labute approximate surface area is 136 Å². The average molecular weight is 314 g/mol. The van der Waals surface area contributed by atoms with Crippen LogP contribution in [0.15, 0.2) is 47.1 Å². The summed E-state index contributed by atoms with van der Waals surface area (Å²) in [7, 11) is 1.74. The second-order valence-electron chi connectivity index (χ2n) is 5.96. The fraction of sp³-hybridized carbons (Fsp3) is 0.389. The highest BCUT2D eigenvalue weighted by atomic mass is 16.5. The van der Waals surface area contributed by atoms with Gasteiger partial charge >= 0.3 is 6.03 Å². The van der Waals surface area contributed by atoms with Gasteiger partial charge in [-0.25, -0.2) is 4.79 Å². The lowest BCUT2D eigenvalue weighted by molar-refractivity contribution is 0.202. The van der Waals surface area contributed by atoms with Gasteiger partial charge in [0.25, 0.3) is 0 Å². The fourth-order valence-corrected chi connectivity index (χ4v) is 2.30. The zero-order valence-electron chi connectivity index (χ0n) is 13.3. The molecule has 2 amide bonds. The quantitative estimate of drug-likeness (QED) is 0.852. The van der Waals surface area contributed by atoms with Crippen molar-refractivity contribution >= 4 is 6.03 Å². The van der Waals surface area contributed by atoms with Gasteiger partial charge in [-0.2, -0.15) is 0 Å². The molecule has 122 valence electrons. The maximum atomic E-state index is 12.2. The summed E-state index contributed by atoms with van der Waals surface area (Å²) in [5.74, 6) is 2.32. The summed E-state index contributed by atoms with van der Waals surface area (Å²) >= 11 is 0. The van der Waals surface area contributed by atoms with Gasteiger partial charge in [0.2, 0.25) is 0 Å². The Kier molecular flexibility index (Phi) is 4.86. The number of nitrogens with zero attached hydrogens (tertiary/aromatic N) is 1. The van der Waals surface area contributed by atoms with Gasteiger partial charge in [0.15, 0.2) is 0 Å². The van der Waals surface area contributed by atoms with Crippen LogP contribution in [0.2, 0.25) is 0 Å². The van der Waals surface area contributed by atoms with Crippen molar-refractivity contribution in [3.05, 3.63) is 54.0 Å². The minimum absolute atomic E-state index is 0.140. The molecule has 1 aromatic heterocycles. The van der Waals surface area contributed by atoms with Crippen molar-refractivity contribution in [2.24, 2.45) is 5.92 Å². The number of benzene rings is 1. The first-order valence-electron chi connectivity index (χ1n) is 7.94. The Morgan fingerprint density at radius 1 is 1.30 bits per heavy atom. The zero-order valence-corrected chi connectivity index (χ0v) is 13.3. The van der Waals surface area contributed by atoms with E-state index in [2.05, 4.69) is 5.32 Å². The molecule has 0 atom stereocenters. The summed E-state index contributed by atoms with van der Waals surface area (Å²) in [6.07, 6.45) is 4.13. The van der Waals surface area contributed by atoms with Gasteiger partial charge in [0, 0.05) is 19.2 Å². The van der Waals surface area contributed by atoms with E-state index in [1.54, 1.807) is 18.2 Å². The monoisotopic (exact) mass is 314 g/mol. The number of nitrogens with one attached hydrogen (secondary N) is 1. The molecule has 5 heteroatoms. The van der Waals surface area contributed by atoms with E-state index in [-0.39, 0.29) is 6.03 Å². The summed E-state index contributed by atoms with van der Waals surface area (Å²) in [4.78, 5) is 13.8. The number of hydrogen-bond acceptors (Lipinski definition) is 3. The molecule has 1 aliphatic carbocycles. The molecule has 0 radical (unpaired) electrons. The molecule has 1 heterocycles. The number of carbonyl (C=O) groups excluding carboxylic acids is 1. The van der Waals surface area contributed by atoms with E-state index in [9.17, 15) is 4.79 Å². The molecule has 0 spiro atoms. The molecule has 0 bridgehead atoms. The third kappa shape index (κ3) is 4.52. The second-order valence-corrected chi connectivity index (χ2v) is 5.96. The van der Waals surface area contributed by atoms with Crippen molar-refractivity contribution in [3.8, 4) is 5.75 Å².